The van der Waals surface area contributed by atoms with E-state index in [2.05, 4.69) is 61.3 Å². The highest BCUT2D eigenvalue weighted by molar-refractivity contribution is 4.80. The molecular weight excluding hydrogens is 272 g/mol. The smallest absolute Gasteiger partial charge is 0.0246 e. The lowest BCUT2D eigenvalue weighted by molar-refractivity contribution is 0.0866. The zero-order valence-corrected chi connectivity index (χ0v) is 16.0. The van der Waals surface area contributed by atoms with Gasteiger partial charge in [0.15, 0.2) is 0 Å². The highest BCUT2D eigenvalue weighted by Gasteiger charge is 2.24. The zero-order valence-electron chi connectivity index (χ0n) is 16.0. The van der Waals surface area contributed by atoms with Crippen LogP contribution in [-0.2, 0) is 0 Å². The second-order valence-corrected chi connectivity index (χ2v) is 7.07. The van der Waals surface area contributed by atoms with Crippen LogP contribution < -0.4 is 0 Å². The molecule has 4 heteroatoms. The Kier molecular flexibility index (Phi) is 9.57. The Balaban J connectivity index is 2.82. The molecule has 1 unspecified atom stereocenters. The van der Waals surface area contributed by atoms with E-state index in [1.165, 1.54) is 52.4 Å². The standard InChI is InChI=1S/C18H40N4/c1-7-20-12-10-19(6)11-13-21(8-2)16-18(17(4)5)22(9-3)15-14-20/h17-18H,7-16H2,1-6H3. The molecule has 4 nitrogen and oxygen atoms in total. The number of rotatable bonds is 4. The van der Waals surface area contributed by atoms with Crippen molar-refractivity contribution in [1.29, 1.82) is 0 Å². The fourth-order valence-corrected chi connectivity index (χ4v) is 3.38. The number of nitrogens with zero attached hydrogens (tertiary/aromatic N) is 4. The first-order valence-corrected chi connectivity index (χ1v) is 9.39. The molecule has 0 aromatic heterocycles. The third-order valence-corrected chi connectivity index (χ3v) is 5.28. The minimum Gasteiger partial charge on any atom is -0.304 e. The summed E-state index contributed by atoms with van der Waals surface area (Å²) in [6.45, 7) is 23.6. The van der Waals surface area contributed by atoms with Crippen molar-refractivity contribution in [2.45, 2.75) is 40.7 Å². The van der Waals surface area contributed by atoms with Gasteiger partial charge in [-0.05, 0) is 32.6 Å². The second-order valence-electron chi connectivity index (χ2n) is 7.07. The minimum absolute atomic E-state index is 0.674. The summed E-state index contributed by atoms with van der Waals surface area (Å²) >= 11 is 0. The molecule has 1 heterocycles. The topological polar surface area (TPSA) is 13.0 Å². The largest absolute Gasteiger partial charge is 0.304 e. The van der Waals surface area contributed by atoms with Crippen LogP contribution in [0.1, 0.15) is 34.6 Å². The van der Waals surface area contributed by atoms with Crippen molar-refractivity contribution in [2.24, 2.45) is 5.92 Å². The van der Waals surface area contributed by atoms with E-state index in [-0.39, 0.29) is 0 Å². The summed E-state index contributed by atoms with van der Waals surface area (Å²) < 4.78 is 0. The van der Waals surface area contributed by atoms with Gasteiger partial charge < -0.3 is 14.7 Å². The fourth-order valence-electron chi connectivity index (χ4n) is 3.38. The molecule has 1 rings (SSSR count). The fraction of sp³-hybridized carbons (Fsp3) is 1.00. The van der Waals surface area contributed by atoms with Crippen LogP contribution >= 0.6 is 0 Å². The van der Waals surface area contributed by atoms with Gasteiger partial charge in [-0.3, -0.25) is 4.90 Å². The maximum atomic E-state index is 2.71. The first-order valence-electron chi connectivity index (χ1n) is 9.39. The zero-order chi connectivity index (χ0) is 16.5. The Bertz CT molecular complexity index is 282. The molecule has 1 aliphatic rings. The van der Waals surface area contributed by atoms with Gasteiger partial charge in [-0.25, -0.2) is 0 Å². The highest BCUT2D eigenvalue weighted by Crippen LogP contribution is 2.13. The van der Waals surface area contributed by atoms with Gasteiger partial charge in [0.1, 0.15) is 0 Å². The van der Waals surface area contributed by atoms with Gasteiger partial charge in [0.05, 0.1) is 0 Å². The second kappa shape index (κ2) is 10.6. The van der Waals surface area contributed by atoms with Gasteiger partial charge in [0.2, 0.25) is 0 Å². The summed E-state index contributed by atoms with van der Waals surface area (Å²) in [6, 6.07) is 0.674. The third-order valence-electron chi connectivity index (χ3n) is 5.28. The van der Waals surface area contributed by atoms with Crippen LogP contribution in [0.2, 0.25) is 0 Å². The van der Waals surface area contributed by atoms with Crippen molar-refractivity contribution in [3.63, 3.8) is 0 Å². The minimum atomic E-state index is 0.674. The molecule has 0 bridgehead atoms. The van der Waals surface area contributed by atoms with Crippen LogP contribution in [0.15, 0.2) is 0 Å². The molecule has 0 aliphatic carbocycles. The monoisotopic (exact) mass is 312 g/mol. The summed E-state index contributed by atoms with van der Waals surface area (Å²) in [5.41, 5.74) is 0. The summed E-state index contributed by atoms with van der Waals surface area (Å²) in [5, 5.41) is 0. The van der Waals surface area contributed by atoms with E-state index >= 15 is 0 Å². The Morgan fingerprint density at radius 1 is 0.773 bits per heavy atom. The molecule has 0 aromatic carbocycles. The lowest BCUT2D eigenvalue weighted by atomic mass is 10.0. The lowest BCUT2D eigenvalue weighted by Gasteiger charge is -2.39. The molecule has 1 aliphatic heterocycles. The van der Waals surface area contributed by atoms with E-state index in [0.29, 0.717) is 12.0 Å². The van der Waals surface area contributed by atoms with Gasteiger partial charge in [-0.2, -0.15) is 0 Å². The summed E-state index contributed by atoms with van der Waals surface area (Å²) in [4.78, 5) is 10.5. The van der Waals surface area contributed by atoms with E-state index in [1.54, 1.807) is 0 Å². The molecule has 0 amide bonds. The van der Waals surface area contributed by atoms with Gasteiger partial charge >= 0.3 is 0 Å². The molecule has 132 valence electrons. The van der Waals surface area contributed by atoms with E-state index in [1.807, 2.05) is 0 Å². The summed E-state index contributed by atoms with van der Waals surface area (Å²) in [6.07, 6.45) is 0. The molecular formula is C18H40N4. The number of likely N-dealkylation sites (N-methyl/N-ethyl adjacent to an activating group) is 4. The normalized spacial score (nSPS) is 26.0. The average Bonchev–Trinajstić information content (AvgIpc) is 2.50. The van der Waals surface area contributed by atoms with Crippen molar-refractivity contribution >= 4 is 0 Å². The van der Waals surface area contributed by atoms with Crippen LogP contribution in [0.5, 0.6) is 0 Å². The van der Waals surface area contributed by atoms with E-state index in [0.717, 1.165) is 13.1 Å². The molecule has 1 atom stereocenters. The van der Waals surface area contributed by atoms with Crippen LogP contribution in [0.3, 0.4) is 0 Å². The van der Waals surface area contributed by atoms with E-state index in [9.17, 15) is 0 Å². The van der Waals surface area contributed by atoms with Crippen LogP contribution in [0.25, 0.3) is 0 Å². The average molecular weight is 313 g/mol. The van der Waals surface area contributed by atoms with Crippen LogP contribution in [0, 0.1) is 5.92 Å². The third kappa shape index (κ3) is 6.53. The van der Waals surface area contributed by atoms with Gasteiger partial charge in [-0.15, -0.1) is 0 Å². The molecule has 1 fully saturated rings. The lowest BCUT2D eigenvalue weighted by Crippen LogP contribution is -2.51. The van der Waals surface area contributed by atoms with Crippen molar-refractivity contribution in [2.75, 3.05) is 72.5 Å². The van der Waals surface area contributed by atoms with Crippen molar-refractivity contribution in [3.05, 3.63) is 0 Å². The Hall–Kier alpha value is -0.160. The molecule has 0 aromatic rings. The molecule has 0 N–H and O–H groups in total. The van der Waals surface area contributed by atoms with E-state index < -0.39 is 0 Å². The van der Waals surface area contributed by atoms with Gasteiger partial charge in [-0.1, -0.05) is 34.6 Å². The van der Waals surface area contributed by atoms with Crippen molar-refractivity contribution < 1.29 is 0 Å². The maximum Gasteiger partial charge on any atom is 0.0246 e. The maximum absolute atomic E-state index is 2.71. The molecule has 1 saturated heterocycles. The number of hydrogen-bond donors (Lipinski definition) is 0. The quantitative estimate of drug-likeness (QED) is 0.786. The van der Waals surface area contributed by atoms with Crippen LogP contribution in [-0.4, -0.2) is 98.1 Å². The Morgan fingerprint density at radius 2 is 1.32 bits per heavy atom. The molecule has 0 radical (unpaired) electrons. The predicted molar refractivity (Wildman–Crippen MR) is 97.6 cm³/mol. The molecule has 22 heavy (non-hydrogen) atoms. The SMILES string of the molecule is CCN1CCN(C)CCN(CC)CC(C(C)C)N(CC)CC1. The first-order chi connectivity index (χ1) is 10.5. The van der Waals surface area contributed by atoms with Crippen LogP contribution in [0.4, 0.5) is 0 Å². The van der Waals surface area contributed by atoms with Crippen molar-refractivity contribution in [1.82, 2.24) is 19.6 Å². The van der Waals surface area contributed by atoms with Gasteiger partial charge in [0.25, 0.3) is 0 Å². The first kappa shape index (κ1) is 19.9. The Labute approximate surface area is 139 Å². The Morgan fingerprint density at radius 3 is 1.82 bits per heavy atom. The molecule has 0 saturated carbocycles. The molecule has 0 spiro atoms. The summed E-state index contributed by atoms with van der Waals surface area (Å²) in [7, 11) is 2.27. The van der Waals surface area contributed by atoms with E-state index in [4.69, 9.17) is 0 Å². The van der Waals surface area contributed by atoms with Crippen molar-refractivity contribution in [3.8, 4) is 0 Å². The number of hydrogen-bond acceptors (Lipinski definition) is 4. The predicted octanol–water partition coefficient (Wildman–Crippen LogP) is 1.92. The van der Waals surface area contributed by atoms with Gasteiger partial charge in [0, 0.05) is 51.9 Å². The highest BCUT2D eigenvalue weighted by atomic mass is 15.3. The summed E-state index contributed by atoms with van der Waals surface area (Å²) in [5.74, 6) is 0.713.